The maximum absolute atomic E-state index is 13.4. The average molecular weight is 488 g/mol. The molecule has 35 heavy (non-hydrogen) atoms. The van der Waals surface area contributed by atoms with Gasteiger partial charge in [0.1, 0.15) is 11.5 Å². The van der Waals surface area contributed by atoms with E-state index >= 15 is 0 Å². The minimum atomic E-state index is -4.17. The molecule has 0 N–H and O–H groups in total. The molecule has 1 saturated heterocycles. The Morgan fingerprint density at radius 2 is 1.37 bits per heavy atom. The van der Waals surface area contributed by atoms with Gasteiger partial charge in [-0.2, -0.15) is 5.26 Å². The van der Waals surface area contributed by atoms with Crippen molar-refractivity contribution in [2.45, 2.75) is 10.1 Å². The summed E-state index contributed by atoms with van der Waals surface area (Å²) in [5.74, 6) is -0.173. The van der Waals surface area contributed by atoms with Crippen LogP contribution < -0.4 is 9.80 Å². The number of para-hydroxylation sites is 3. The van der Waals surface area contributed by atoms with Crippen molar-refractivity contribution in [2.75, 3.05) is 36.0 Å². The predicted molar refractivity (Wildman–Crippen MR) is 132 cm³/mol. The molecule has 0 unspecified atom stereocenters. The van der Waals surface area contributed by atoms with E-state index in [2.05, 4.69) is 22.0 Å². The minimum absolute atomic E-state index is 0.0867. The van der Waals surface area contributed by atoms with Crippen LogP contribution in [-0.2, 0) is 9.84 Å². The van der Waals surface area contributed by atoms with Gasteiger partial charge in [0.05, 0.1) is 22.0 Å². The molecule has 0 saturated carbocycles. The first-order valence-corrected chi connectivity index (χ1v) is 12.7. The molecule has 5 rings (SSSR count). The normalized spacial score (nSPS) is 15.1. The zero-order chi connectivity index (χ0) is 24.4. The molecule has 1 fully saturated rings. The Labute approximate surface area is 203 Å². The molecule has 1 atom stereocenters. The van der Waals surface area contributed by atoms with Crippen molar-refractivity contribution < 1.29 is 12.8 Å². The summed E-state index contributed by atoms with van der Waals surface area (Å²) in [4.78, 5) is 13.5. The Balaban J connectivity index is 1.55. The number of rotatable bonds is 5. The lowest BCUT2D eigenvalue weighted by Crippen LogP contribution is -2.47. The molecule has 0 radical (unpaired) electrons. The van der Waals surface area contributed by atoms with Crippen LogP contribution in [0.4, 0.5) is 15.9 Å². The van der Waals surface area contributed by atoms with E-state index in [1.807, 2.05) is 41.3 Å². The zero-order valence-electron chi connectivity index (χ0n) is 18.8. The summed E-state index contributed by atoms with van der Waals surface area (Å²) < 4.78 is 40.3. The number of piperazine rings is 1. The molecule has 0 amide bonds. The van der Waals surface area contributed by atoms with Gasteiger partial charge < -0.3 is 9.80 Å². The number of hydrogen-bond donors (Lipinski definition) is 0. The highest BCUT2D eigenvalue weighted by Crippen LogP contribution is 2.34. The summed E-state index contributed by atoms with van der Waals surface area (Å²) in [5, 5.41) is 8.43. The highest BCUT2D eigenvalue weighted by molar-refractivity contribution is 7.92. The first-order chi connectivity index (χ1) is 17.0. The van der Waals surface area contributed by atoms with Crippen LogP contribution >= 0.6 is 0 Å². The number of aromatic nitrogens is 2. The van der Waals surface area contributed by atoms with Crippen LogP contribution in [0.1, 0.15) is 10.9 Å². The number of benzene rings is 3. The summed E-state index contributed by atoms with van der Waals surface area (Å²) in [6, 6.07) is 23.6. The van der Waals surface area contributed by atoms with Gasteiger partial charge in [-0.1, -0.05) is 30.3 Å². The maximum atomic E-state index is 13.4. The van der Waals surface area contributed by atoms with E-state index < -0.39 is 20.9 Å². The lowest BCUT2D eigenvalue weighted by Gasteiger charge is -2.37. The summed E-state index contributed by atoms with van der Waals surface area (Å²) in [7, 11) is -4.17. The molecule has 7 nitrogen and oxygen atoms in total. The van der Waals surface area contributed by atoms with Gasteiger partial charge in [0, 0.05) is 31.9 Å². The van der Waals surface area contributed by atoms with E-state index in [9.17, 15) is 18.1 Å². The lowest BCUT2D eigenvalue weighted by atomic mass is 10.2. The van der Waals surface area contributed by atoms with E-state index in [1.165, 1.54) is 12.1 Å². The first kappa shape index (κ1) is 22.7. The molecule has 1 aromatic heterocycles. The number of nitriles is 1. The molecule has 0 bridgehead atoms. The fourth-order valence-corrected chi connectivity index (χ4v) is 5.64. The van der Waals surface area contributed by atoms with Crippen molar-refractivity contribution >= 4 is 32.4 Å². The summed E-state index contributed by atoms with van der Waals surface area (Å²) >= 11 is 0. The second-order valence-corrected chi connectivity index (χ2v) is 10.3. The SMILES string of the molecule is N#C[C@@H](c1nc2ccccc2nc1N1CCN(c2ccccc2)CC1)S(=O)(=O)c1ccc(F)cc1. The average Bonchev–Trinajstić information content (AvgIpc) is 2.89. The van der Waals surface area contributed by atoms with Crippen LogP contribution in [0.15, 0.2) is 83.8 Å². The number of fused-ring (bicyclic) bond motifs is 1. The Morgan fingerprint density at radius 3 is 2.00 bits per heavy atom. The van der Waals surface area contributed by atoms with Crippen LogP contribution in [0.2, 0.25) is 0 Å². The minimum Gasteiger partial charge on any atom is -0.368 e. The Bertz CT molecular complexity index is 1500. The Hall–Kier alpha value is -4.03. The molecule has 1 aliphatic heterocycles. The third-order valence-corrected chi connectivity index (χ3v) is 7.98. The maximum Gasteiger partial charge on any atom is 0.200 e. The van der Waals surface area contributed by atoms with Gasteiger partial charge in [-0.25, -0.2) is 22.8 Å². The summed E-state index contributed by atoms with van der Waals surface area (Å²) in [5.41, 5.74) is 2.32. The van der Waals surface area contributed by atoms with E-state index in [-0.39, 0.29) is 10.6 Å². The monoisotopic (exact) mass is 487 g/mol. The molecule has 0 aliphatic carbocycles. The fourth-order valence-electron chi connectivity index (χ4n) is 4.27. The van der Waals surface area contributed by atoms with Gasteiger partial charge >= 0.3 is 0 Å². The van der Waals surface area contributed by atoms with E-state index in [4.69, 9.17) is 4.98 Å². The molecular weight excluding hydrogens is 465 g/mol. The van der Waals surface area contributed by atoms with Gasteiger partial charge in [0.25, 0.3) is 0 Å². The topological polar surface area (TPSA) is 90.2 Å². The van der Waals surface area contributed by atoms with Gasteiger partial charge in [0.15, 0.2) is 11.1 Å². The second-order valence-electron chi connectivity index (χ2n) is 8.24. The Morgan fingerprint density at radius 1 is 0.800 bits per heavy atom. The highest BCUT2D eigenvalue weighted by atomic mass is 32.2. The zero-order valence-corrected chi connectivity index (χ0v) is 19.6. The van der Waals surface area contributed by atoms with Gasteiger partial charge in [0.2, 0.25) is 9.84 Å². The summed E-state index contributed by atoms with van der Waals surface area (Å²) in [6.07, 6.45) is 0. The largest absolute Gasteiger partial charge is 0.368 e. The standard InChI is InChI=1S/C26H22FN5O2S/c27-19-10-12-21(13-11-19)35(33,34)24(18-28)25-26(30-23-9-5-4-8-22(23)29-25)32-16-14-31(15-17-32)20-6-2-1-3-7-20/h1-13,24H,14-17H2/t24-/m0/s1. The molecule has 1 aliphatic rings. The number of halogens is 1. The smallest absolute Gasteiger partial charge is 0.200 e. The van der Waals surface area contributed by atoms with E-state index in [1.54, 1.807) is 12.1 Å². The molecule has 0 spiro atoms. The van der Waals surface area contributed by atoms with Crippen molar-refractivity contribution in [1.82, 2.24) is 9.97 Å². The van der Waals surface area contributed by atoms with Gasteiger partial charge in [-0.3, -0.25) is 0 Å². The van der Waals surface area contributed by atoms with Crippen LogP contribution in [0.3, 0.4) is 0 Å². The van der Waals surface area contributed by atoms with E-state index in [0.717, 1.165) is 17.8 Å². The molecule has 4 aromatic rings. The third-order valence-electron chi connectivity index (χ3n) is 6.10. The molecule has 2 heterocycles. The van der Waals surface area contributed by atoms with Crippen molar-refractivity contribution in [3.63, 3.8) is 0 Å². The first-order valence-electron chi connectivity index (χ1n) is 11.2. The van der Waals surface area contributed by atoms with Crippen LogP contribution in [0.25, 0.3) is 11.0 Å². The molecular formula is C26H22FN5O2S. The van der Waals surface area contributed by atoms with E-state index in [0.29, 0.717) is 43.0 Å². The number of anilines is 2. The van der Waals surface area contributed by atoms with Gasteiger partial charge in [-0.05, 0) is 48.5 Å². The fraction of sp³-hybridized carbons (Fsp3) is 0.192. The van der Waals surface area contributed by atoms with Crippen molar-refractivity contribution in [1.29, 1.82) is 5.26 Å². The number of sulfone groups is 1. The molecule has 9 heteroatoms. The summed E-state index contributed by atoms with van der Waals surface area (Å²) in [6.45, 7) is 2.59. The van der Waals surface area contributed by atoms with Crippen LogP contribution in [0, 0.1) is 17.1 Å². The van der Waals surface area contributed by atoms with Crippen LogP contribution in [-0.4, -0.2) is 44.6 Å². The molecule has 176 valence electrons. The van der Waals surface area contributed by atoms with Gasteiger partial charge in [-0.15, -0.1) is 0 Å². The lowest BCUT2D eigenvalue weighted by molar-refractivity contribution is 0.588. The number of hydrogen-bond acceptors (Lipinski definition) is 7. The van der Waals surface area contributed by atoms with Crippen molar-refractivity contribution in [2.24, 2.45) is 0 Å². The third kappa shape index (κ3) is 4.40. The predicted octanol–water partition coefficient (Wildman–Crippen LogP) is 4.13. The quantitative estimate of drug-likeness (QED) is 0.391. The van der Waals surface area contributed by atoms with Crippen molar-refractivity contribution in [3.8, 4) is 6.07 Å². The Kier molecular flexibility index (Phi) is 6.05. The highest BCUT2D eigenvalue weighted by Gasteiger charge is 2.35. The molecule has 3 aromatic carbocycles. The van der Waals surface area contributed by atoms with Crippen LogP contribution in [0.5, 0.6) is 0 Å². The second kappa shape index (κ2) is 9.31. The van der Waals surface area contributed by atoms with Crippen molar-refractivity contribution in [3.05, 3.63) is 90.4 Å². The number of nitrogens with zero attached hydrogens (tertiary/aromatic N) is 5.